The number of rotatable bonds is 1. The Morgan fingerprint density at radius 2 is 2.23 bits per heavy atom. The van der Waals surface area contributed by atoms with E-state index < -0.39 is 0 Å². The first kappa shape index (κ1) is 14.2. The van der Waals surface area contributed by atoms with Crippen LogP contribution < -0.4 is 10.6 Å². The number of carbonyl (C=O) groups is 2. The van der Waals surface area contributed by atoms with Crippen LogP contribution in [0.25, 0.3) is 0 Å². The van der Waals surface area contributed by atoms with Gasteiger partial charge in [0.25, 0.3) is 5.91 Å². The summed E-state index contributed by atoms with van der Waals surface area (Å²) in [5, 5.41) is 9.93. The second kappa shape index (κ2) is 5.59. The Kier molecular flexibility index (Phi) is 3.62. The lowest BCUT2D eigenvalue weighted by Crippen LogP contribution is -2.23. The molecule has 0 unspecified atom stereocenters. The van der Waals surface area contributed by atoms with Gasteiger partial charge in [0.15, 0.2) is 5.82 Å². The molecule has 7 nitrogen and oxygen atoms in total. The van der Waals surface area contributed by atoms with Gasteiger partial charge in [-0.25, -0.2) is 4.98 Å². The molecule has 0 aromatic carbocycles. The van der Waals surface area contributed by atoms with Crippen LogP contribution in [0.1, 0.15) is 43.2 Å². The van der Waals surface area contributed by atoms with Crippen molar-refractivity contribution < 1.29 is 11.0 Å². The van der Waals surface area contributed by atoms with Crippen LogP contribution in [0.3, 0.4) is 0 Å². The second-order valence-corrected chi connectivity index (χ2v) is 5.31. The third-order valence-corrected chi connectivity index (χ3v) is 3.73. The summed E-state index contributed by atoms with van der Waals surface area (Å²) in [5.74, 6) is -0.123. The van der Waals surface area contributed by atoms with E-state index in [9.17, 15) is 9.59 Å². The Morgan fingerprint density at radius 3 is 3.00 bits per heavy atom. The van der Waals surface area contributed by atoms with Gasteiger partial charge in [-0.05, 0) is 18.6 Å². The number of fused-ring (bicyclic) bond motifs is 2. The number of amides is 2. The van der Waals surface area contributed by atoms with E-state index >= 15 is 0 Å². The van der Waals surface area contributed by atoms with E-state index in [0.717, 1.165) is 6.42 Å². The van der Waals surface area contributed by atoms with Gasteiger partial charge in [-0.1, -0.05) is 6.92 Å². The zero-order chi connectivity index (χ0) is 15.7. The number of aryl methyl sites for hydroxylation is 1. The molecular weight excluding hydrogens is 282 g/mol. The van der Waals surface area contributed by atoms with Gasteiger partial charge >= 0.3 is 0 Å². The van der Waals surface area contributed by atoms with Crippen molar-refractivity contribution in [2.75, 3.05) is 10.6 Å². The van der Waals surface area contributed by atoms with Crippen molar-refractivity contribution in [2.45, 2.75) is 25.7 Å². The maximum Gasteiger partial charge on any atom is 0.259 e. The molecule has 0 aliphatic carbocycles. The highest BCUT2D eigenvalue weighted by Gasteiger charge is 2.26. The summed E-state index contributed by atoms with van der Waals surface area (Å²) in [6, 6.07) is 3.41. The van der Waals surface area contributed by atoms with Gasteiger partial charge in [0, 0.05) is 33.2 Å². The van der Waals surface area contributed by atoms with Crippen LogP contribution in [-0.4, -0.2) is 26.6 Å². The molecule has 2 N–H and O–H groups in total. The van der Waals surface area contributed by atoms with Crippen LogP contribution in [0.15, 0.2) is 24.5 Å². The van der Waals surface area contributed by atoms with Crippen LogP contribution in [0.4, 0.5) is 11.5 Å². The van der Waals surface area contributed by atoms with Gasteiger partial charge in [0.05, 0.1) is 16.9 Å². The Hall–Kier alpha value is -2.70. The van der Waals surface area contributed by atoms with Crippen molar-refractivity contribution >= 4 is 23.3 Å². The summed E-state index contributed by atoms with van der Waals surface area (Å²) in [6.07, 6.45) is 4.25. The van der Waals surface area contributed by atoms with Crippen LogP contribution >= 0.6 is 0 Å². The summed E-state index contributed by atoms with van der Waals surface area (Å²) >= 11 is 0. The van der Waals surface area contributed by atoms with E-state index in [1.54, 1.807) is 36.3 Å². The first-order valence-electron chi connectivity index (χ1n) is 7.18. The molecule has 0 radical (unpaired) electrons. The minimum atomic E-state index is -0.244. The van der Waals surface area contributed by atoms with E-state index in [1.807, 2.05) is 6.92 Å². The Labute approximate surface area is 129 Å². The highest BCUT2D eigenvalue weighted by Crippen LogP contribution is 2.29. The molecule has 116 valence electrons. The van der Waals surface area contributed by atoms with Crippen molar-refractivity contribution in [1.82, 2.24) is 14.8 Å². The fourth-order valence-corrected chi connectivity index (χ4v) is 2.62. The monoisotopic (exact) mass is 301 g/mol. The van der Waals surface area contributed by atoms with E-state index in [-0.39, 0.29) is 25.6 Å². The van der Waals surface area contributed by atoms with Crippen molar-refractivity contribution in [3.05, 3.63) is 35.8 Å². The van der Waals surface area contributed by atoms with E-state index in [4.69, 9.17) is 0 Å². The third kappa shape index (κ3) is 2.57. The van der Waals surface area contributed by atoms with E-state index in [0.29, 0.717) is 22.8 Å². The first-order chi connectivity index (χ1) is 10.6. The average Bonchev–Trinajstić information content (AvgIpc) is 2.88. The molecule has 3 rings (SSSR count). The van der Waals surface area contributed by atoms with Crippen molar-refractivity contribution in [3.63, 3.8) is 0 Å². The van der Waals surface area contributed by atoms with Crippen molar-refractivity contribution in [2.24, 2.45) is 7.05 Å². The molecule has 1 atom stereocenters. The van der Waals surface area contributed by atoms with Crippen molar-refractivity contribution in [1.29, 1.82) is 0 Å². The number of anilines is 2. The zero-order valence-corrected chi connectivity index (χ0v) is 12.5. The number of pyridine rings is 1. The normalized spacial score (nSPS) is 18.0. The second-order valence-electron chi connectivity index (χ2n) is 5.31. The molecule has 1 aliphatic heterocycles. The minimum Gasteiger partial charge on any atom is -0.319 e. The lowest BCUT2D eigenvalue weighted by atomic mass is 9.94. The SMILES string of the molecule is CC[C@H]1CC(=O)Nc2ncccc2NC(=O)c2cn(C)nc21.[HH]. The predicted molar refractivity (Wildman–Crippen MR) is 83.8 cm³/mol. The van der Waals surface area contributed by atoms with E-state index in [1.165, 1.54) is 0 Å². The summed E-state index contributed by atoms with van der Waals surface area (Å²) in [6.45, 7) is 1.98. The Morgan fingerprint density at radius 1 is 1.41 bits per heavy atom. The molecule has 22 heavy (non-hydrogen) atoms. The molecule has 0 spiro atoms. The molecule has 0 saturated carbocycles. The van der Waals surface area contributed by atoms with Crippen LogP contribution in [0, 0.1) is 0 Å². The van der Waals surface area contributed by atoms with Gasteiger partial charge in [-0.2, -0.15) is 5.10 Å². The highest BCUT2D eigenvalue weighted by molar-refractivity contribution is 6.08. The molecule has 1 aliphatic rings. The fourth-order valence-electron chi connectivity index (χ4n) is 2.62. The lowest BCUT2D eigenvalue weighted by Gasteiger charge is -2.18. The Bertz CT molecular complexity index is 743. The van der Waals surface area contributed by atoms with Crippen LogP contribution in [0.5, 0.6) is 0 Å². The maximum absolute atomic E-state index is 12.5. The third-order valence-electron chi connectivity index (χ3n) is 3.73. The van der Waals surface area contributed by atoms with Gasteiger partial charge in [-0.15, -0.1) is 0 Å². The first-order valence-corrected chi connectivity index (χ1v) is 7.18. The smallest absolute Gasteiger partial charge is 0.259 e. The molecular formula is C15H19N5O2. The molecule has 2 amide bonds. The molecule has 0 fully saturated rings. The zero-order valence-electron chi connectivity index (χ0n) is 12.5. The van der Waals surface area contributed by atoms with E-state index in [2.05, 4.69) is 20.7 Å². The molecule has 0 saturated heterocycles. The quantitative estimate of drug-likeness (QED) is 0.844. The van der Waals surface area contributed by atoms with Crippen LogP contribution in [0.2, 0.25) is 0 Å². The Balaban J connectivity index is 0.00000192. The standard InChI is InChI=1S/C15H17N5O2.H2/c1-3-9-7-12(21)18-14-11(5-4-6-16-14)17-15(22)10-8-20(2)19-13(9)10;/h4-6,8-9H,3,7H2,1-2H3,(H,17,22)(H,16,18,21);1H/t9-;/m0./s1. The number of hydrogen-bond donors (Lipinski definition) is 2. The summed E-state index contributed by atoms with van der Waals surface area (Å²) < 4.78 is 1.60. The number of nitrogens with one attached hydrogen (secondary N) is 2. The molecule has 7 heteroatoms. The number of hydrogen-bond acceptors (Lipinski definition) is 4. The number of aromatic nitrogens is 3. The topological polar surface area (TPSA) is 88.9 Å². The van der Waals surface area contributed by atoms with Gasteiger partial charge in [0.2, 0.25) is 5.91 Å². The van der Waals surface area contributed by atoms with Gasteiger partial charge in [0.1, 0.15) is 0 Å². The average molecular weight is 301 g/mol. The van der Waals surface area contributed by atoms with Crippen molar-refractivity contribution in [3.8, 4) is 0 Å². The van der Waals surface area contributed by atoms with Gasteiger partial charge in [-0.3, -0.25) is 14.3 Å². The lowest BCUT2D eigenvalue weighted by molar-refractivity contribution is -0.116. The minimum absolute atomic E-state index is 0. The summed E-state index contributed by atoms with van der Waals surface area (Å²) in [5.41, 5.74) is 1.63. The maximum atomic E-state index is 12.5. The fraction of sp³-hybridized carbons (Fsp3) is 0.333. The number of carbonyl (C=O) groups excluding carboxylic acids is 2. The molecule has 3 heterocycles. The summed E-state index contributed by atoms with van der Waals surface area (Å²) in [4.78, 5) is 28.9. The van der Waals surface area contributed by atoms with Crippen LogP contribution in [-0.2, 0) is 11.8 Å². The highest BCUT2D eigenvalue weighted by atomic mass is 16.2. The molecule has 2 aromatic heterocycles. The summed E-state index contributed by atoms with van der Waals surface area (Å²) in [7, 11) is 1.77. The predicted octanol–water partition coefficient (Wildman–Crippen LogP) is 2.15. The molecule has 0 bridgehead atoms. The number of nitrogens with zero attached hydrogens (tertiary/aromatic N) is 3. The molecule has 2 aromatic rings. The largest absolute Gasteiger partial charge is 0.319 e. The van der Waals surface area contributed by atoms with Gasteiger partial charge < -0.3 is 10.6 Å².